The maximum absolute atomic E-state index is 13.7. The molecule has 3 rings (SSSR count). The van der Waals surface area contributed by atoms with Crippen LogP contribution in [0.3, 0.4) is 0 Å². The van der Waals surface area contributed by atoms with E-state index in [1.807, 2.05) is 58.0 Å². The molecule has 0 heterocycles. The number of nitrogens with zero attached hydrogens (tertiary/aromatic N) is 1. The standard InChI is InChI=1S/C39H57N5O8S/c1-9-50-36(45)25-33(29-23-34(43-40)37(41-6)35(24-29)49-8)28-15-14-27(2)30(22-28)26-44(7)53(47,48)32-18-16-31(17-19-32)51-21-13-11-10-12-20-42-38(46)52-39(3,4)5/h14-19,22-24,33,41,43H,9-13,20-21,25-26,40H2,1-8H3,(H,42,46). The number of carbonyl (C=O) groups is 2. The van der Waals surface area contributed by atoms with Crippen LogP contribution in [0.15, 0.2) is 59.5 Å². The van der Waals surface area contributed by atoms with Crippen LogP contribution in [-0.2, 0) is 30.8 Å². The lowest BCUT2D eigenvalue weighted by atomic mass is 9.86. The van der Waals surface area contributed by atoms with Crippen LogP contribution in [0.5, 0.6) is 11.5 Å². The number of nitrogens with one attached hydrogen (secondary N) is 3. The molecule has 0 saturated carbocycles. The zero-order chi connectivity index (χ0) is 39.2. The molecule has 53 heavy (non-hydrogen) atoms. The lowest BCUT2D eigenvalue weighted by Gasteiger charge is -2.23. The van der Waals surface area contributed by atoms with E-state index < -0.39 is 27.6 Å². The maximum atomic E-state index is 13.7. The number of sulfonamides is 1. The van der Waals surface area contributed by atoms with Crippen molar-refractivity contribution >= 4 is 33.5 Å². The zero-order valence-corrected chi connectivity index (χ0v) is 33.2. The number of rotatable bonds is 20. The smallest absolute Gasteiger partial charge is 0.407 e. The van der Waals surface area contributed by atoms with E-state index in [4.69, 9.17) is 24.8 Å². The molecule has 1 amide bonds. The Morgan fingerprint density at radius 2 is 1.66 bits per heavy atom. The van der Waals surface area contributed by atoms with Gasteiger partial charge in [0.05, 0.1) is 37.3 Å². The first kappa shape index (κ1) is 42.9. The Bertz CT molecular complexity index is 1740. The third kappa shape index (κ3) is 12.8. The van der Waals surface area contributed by atoms with Crippen molar-refractivity contribution in [2.45, 2.75) is 89.7 Å². The van der Waals surface area contributed by atoms with E-state index in [0.717, 1.165) is 47.9 Å². The molecule has 5 N–H and O–H groups in total. The number of alkyl carbamates (subject to hydrolysis) is 1. The molecule has 0 aromatic heterocycles. The highest BCUT2D eigenvalue weighted by molar-refractivity contribution is 7.89. The van der Waals surface area contributed by atoms with Crippen molar-refractivity contribution in [2.24, 2.45) is 5.84 Å². The van der Waals surface area contributed by atoms with Gasteiger partial charge < -0.3 is 35.0 Å². The molecule has 0 spiro atoms. The lowest BCUT2D eigenvalue weighted by molar-refractivity contribution is -0.143. The van der Waals surface area contributed by atoms with E-state index in [0.29, 0.717) is 36.0 Å². The topological polar surface area (TPSA) is 171 Å². The van der Waals surface area contributed by atoms with Crippen LogP contribution in [-0.4, -0.2) is 71.4 Å². The van der Waals surface area contributed by atoms with Gasteiger partial charge in [-0.15, -0.1) is 0 Å². The monoisotopic (exact) mass is 755 g/mol. The van der Waals surface area contributed by atoms with Crippen molar-refractivity contribution < 1.29 is 37.0 Å². The van der Waals surface area contributed by atoms with Gasteiger partial charge in [0.25, 0.3) is 0 Å². The summed E-state index contributed by atoms with van der Waals surface area (Å²) in [6, 6.07) is 15.9. The van der Waals surface area contributed by atoms with Crippen molar-refractivity contribution in [1.82, 2.24) is 9.62 Å². The Balaban J connectivity index is 1.67. The van der Waals surface area contributed by atoms with Crippen LogP contribution in [0.1, 0.15) is 88.0 Å². The van der Waals surface area contributed by atoms with Gasteiger partial charge in [-0.2, -0.15) is 4.31 Å². The van der Waals surface area contributed by atoms with Crippen LogP contribution < -0.4 is 31.4 Å². The average Bonchev–Trinajstić information content (AvgIpc) is 3.11. The molecule has 14 heteroatoms. The number of nitrogens with two attached hydrogens (primary N) is 1. The zero-order valence-electron chi connectivity index (χ0n) is 32.3. The molecule has 0 radical (unpaired) electrons. The molecule has 0 aliphatic heterocycles. The molecular formula is C39H57N5O8S. The second kappa shape index (κ2) is 20.1. The van der Waals surface area contributed by atoms with Gasteiger partial charge in [-0.1, -0.05) is 31.0 Å². The summed E-state index contributed by atoms with van der Waals surface area (Å²) in [4.78, 5) is 24.7. The lowest BCUT2D eigenvalue weighted by Crippen LogP contribution is -2.32. The second-order valence-electron chi connectivity index (χ2n) is 13.7. The predicted molar refractivity (Wildman–Crippen MR) is 208 cm³/mol. The highest BCUT2D eigenvalue weighted by Crippen LogP contribution is 2.39. The molecule has 1 unspecified atom stereocenters. The summed E-state index contributed by atoms with van der Waals surface area (Å²) in [7, 11) is 1.02. The fourth-order valence-corrected chi connectivity index (χ4v) is 6.90. The van der Waals surface area contributed by atoms with Gasteiger partial charge in [-0.25, -0.2) is 13.2 Å². The Kier molecular flexibility index (Phi) is 16.2. The van der Waals surface area contributed by atoms with Crippen molar-refractivity contribution in [3.8, 4) is 11.5 Å². The summed E-state index contributed by atoms with van der Waals surface area (Å²) < 4.78 is 50.7. The number of ether oxygens (including phenoxy) is 4. The van der Waals surface area contributed by atoms with Crippen molar-refractivity contribution in [3.63, 3.8) is 0 Å². The number of hydrogen-bond acceptors (Lipinski definition) is 11. The Morgan fingerprint density at radius 3 is 2.28 bits per heavy atom. The molecule has 0 fully saturated rings. The number of unbranched alkanes of at least 4 members (excludes halogenated alkanes) is 3. The molecule has 292 valence electrons. The maximum Gasteiger partial charge on any atom is 0.407 e. The van der Waals surface area contributed by atoms with Crippen LogP contribution >= 0.6 is 0 Å². The SMILES string of the molecule is CCOC(=O)CC(c1ccc(C)c(CN(C)S(=O)(=O)c2ccc(OCCCCCCNC(=O)OC(C)(C)C)cc2)c1)c1cc(NN)c(NC)c(OC)c1. The Morgan fingerprint density at radius 1 is 0.962 bits per heavy atom. The van der Waals surface area contributed by atoms with E-state index in [-0.39, 0.29) is 30.4 Å². The van der Waals surface area contributed by atoms with Crippen LogP contribution in [0.4, 0.5) is 16.2 Å². The van der Waals surface area contributed by atoms with Crippen LogP contribution in [0, 0.1) is 6.92 Å². The average molecular weight is 756 g/mol. The molecule has 0 aliphatic rings. The number of carbonyl (C=O) groups excluding carboxylic acids is 2. The third-order valence-electron chi connectivity index (χ3n) is 8.54. The van der Waals surface area contributed by atoms with Gasteiger partial charge >= 0.3 is 12.1 Å². The minimum Gasteiger partial charge on any atom is -0.494 e. The number of hydrazine groups is 1. The van der Waals surface area contributed by atoms with E-state index in [9.17, 15) is 18.0 Å². The molecule has 3 aromatic rings. The predicted octanol–water partition coefficient (Wildman–Crippen LogP) is 6.70. The minimum absolute atomic E-state index is 0.0539. The molecule has 13 nitrogen and oxygen atoms in total. The largest absolute Gasteiger partial charge is 0.494 e. The number of benzene rings is 3. The summed E-state index contributed by atoms with van der Waals surface area (Å²) in [6.45, 7) is 10.6. The van der Waals surface area contributed by atoms with E-state index in [1.54, 1.807) is 52.4 Å². The quantitative estimate of drug-likeness (QED) is 0.0419. The number of aryl methyl sites for hydroxylation is 1. The van der Waals surface area contributed by atoms with Gasteiger partial charge in [-0.3, -0.25) is 10.6 Å². The van der Waals surface area contributed by atoms with E-state index in [1.165, 1.54) is 4.31 Å². The van der Waals surface area contributed by atoms with E-state index in [2.05, 4.69) is 16.1 Å². The third-order valence-corrected chi connectivity index (χ3v) is 10.4. The summed E-state index contributed by atoms with van der Waals surface area (Å²) in [5.41, 5.74) is 6.72. The highest BCUT2D eigenvalue weighted by Gasteiger charge is 2.25. The number of anilines is 2. The van der Waals surface area contributed by atoms with Crippen molar-refractivity contribution in [2.75, 3.05) is 51.7 Å². The molecule has 0 aliphatic carbocycles. The minimum atomic E-state index is -3.84. The normalized spacial score (nSPS) is 12.2. The Labute approximate surface area is 314 Å². The summed E-state index contributed by atoms with van der Waals surface area (Å²) >= 11 is 0. The first-order valence-corrected chi connectivity index (χ1v) is 19.3. The number of hydrogen-bond donors (Lipinski definition) is 4. The first-order chi connectivity index (χ1) is 25.1. The van der Waals surface area contributed by atoms with Gasteiger partial charge in [0, 0.05) is 33.1 Å². The number of esters is 1. The summed E-state index contributed by atoms with van der Waals surface area (Å²) in [6.07, 6.45) is 3.17. The van der Waals surface area contributed by atoms with Crippen molar-refractivity contribution in [1.29, 1.82) is 0 Å². The summed E-state index contributed by atoms with van der Waals surface area (Å²) in [5, 5.41) is 5.85. The highest BCUT2D eigenvalue weighted by atomic mass is 32.2. The number of nitrogen functional groups attached to an aromatic ring is 1. The number of methoxy groups -OCH3 is 1. The van der Waals surface area contributed by atoms with Crippen LogP contribution in [0.25, 0.3) is 0 Å². The molecule has 3 aromatic carbocycles. The molecule has 0 saturated heterocycles. The Hall–Kier alpha value is -4.53. The van der Waals surface area contributed by atoms with E-state index >= 15 is 0 Å². The van der Waals surface area contributed by atoms with Gasteiger partial charge in [0.2, 0.25) is 10.0 Å². The first-order valence-electron chi connectivity index (χ1n) is 17.9. The van der Waals surface area contributed by atoms with Gasteiger partial charge in [-0.05, 0) is 106 Å². The summed E-state index contributed by atoms with van der Waals surface area (Å²) in [5.74, 6) is 6.18. The van der Waals surface area contributed by atoms with Gasteiger partial charge in [0.1, 0.15) is 22.8 Å². The molecular weight excluding hydrogens is 699 g/mol. The fraction of sp³-hybridized carbons (Fsp3) is 0.487. The van der Waals surface area contributed by atoms with Crippen molar-refractivity contribution in [3.05, 3.63) is 76.9 Å². The second-order valence-corrected chi connectivity index (χ2v) is 15.8. The fourth-order valence-electron chi connectivity index (χ4n) is 5.75. The molecule has 0 bridgehead atoms. The molecule has 1 atom stereocenters. The number of amides is 1. The van der Waals surface area contributed by atoms with Gasteiger partial charge in [0.15, 0.2) is 0 Å². The van der Waals surface area contributed by atoms with Crippen LogP contribution in [0.2, 0.25) is 0 Å².